The van der Waals surface area contributed by atoms with Gasteiger partial charge in [0.2, 0.25) is 0 Å². The number of rotatable bonds is 9. The number of para-hydroxylation sites is 1. The quantitative estimate of drug-likeness (QED) is 0.756. The molecule has 1 N–H and O–H groups in total. The van der Waals surface area contributed by atoms with Crippen LogP contribution in [-0.4, -0.2) is 42.4 Å². The lowest BCUT2D eigenvalue weighted by molar-refractivity contribution is 0.0682. The standard InChI is InChI=1S/C15H24ClNO2/c1-3-9-17(10-4-2)11-13(18)12-19-15-8-6-5-7-14(15)16/h5-8,13,18H,3-4,9-12H2,1-2H3. The molecule has 1 aromatic rings. The second-order valence-corrected chi connectivity index (χ2v) is 5.10. The summed E-state index contributed by atoms with van der Waals surface area (Å²) in [5.74, 6) is 0.626. The molecule has 0 aromatic heterocycles. The zero-order chi connectivity index (χ0) is 14.1. The van der Waals surface area contributed by atoms with Crippen molar-refractivity contribution in [2.45, 2.75) is 32.8 Å². The van der Waals surface area contributed by atoms with E-state index >= 15 is 0 Å². The Labute approximate surface area is 121 Å². The Balaban J connectivity index is 2.38. The number of ether oxygens (including phenoxy) is 1. The van der Waals surface area contributed by atoms with Crippen LogP contribution in [-0.2, 0) is 0 Å². The van der Waals surface area contributed by atoms with Crippen LogP contribution < -0.4 is 4.74 Å². The largest absolute Gasteiger partial charge is 0.489 e. The lowest BCUT2D eigenvalue weighted by Crippen LogP contribution is -2.36. The molecule has 0 heterocycles. The van der Waals surface area contributed by atoms with Crippen LogP contribution in [0.2, 0.25) is 5.02 Å². The first-order valence-corrected chi connectivity index (χ1v) is 7.32. The molecular weight excluding hydrogens is 262 g/mol. The zero-order valence-electron chi connectivity index (χ0n) is 11.8. The summed E-state index contributed by atoms with van der Waals surface area (Å²) < 4.78 is 5.55. The topological polar surface area (TPSA) is 32.7 Å². The molecule has 108 valence electrons. The SMILES string of the molecule is CCCN(CCC)CC(O)COc1ccccc1Cl. The van der Waals surface area contributed by atoms with Crippen LogP contribution in [0.25, 0.3) is 0 Å². The van der Waals surface area contributed by atoms with Gasteiger partial charge in [0.25, 0.3) is 0 Å². The summed E-state index contributed by atoms with van der Waals surface area (Å²) >= 11 is 6.00. The molecule has 19 heavy (non-hydrogen) atoms. The highest BCUT2D eigenvalue weighted by atomic mass is 35.5. The molecule has 1 aromatic carbocycles. The fourth-order valence-corrected chi connectivity index (χ4v) is 2.22. The van der Waals surface area contributed by atoms with Gasteiger partial charge in [0.15, 0.2) is 0 Å². The zero-order valence-corrected chi connectivity index (χ0v) is 12.6. The maximum atomic E-state index is 10.0. The summed E-state index contributed by atoms with van der Waals surface area (Å²) in [6.45, 7) is 7.23. The molecule has 0 aliphatic heterocycles. The third-order valence-corrected chi connectivity index (χ3v) is 3.13. The average molecular weight is 286 g/mol. The molecule has 1 rings (SSSR count). The van der Waals surface area contributed by atoms with Gasteiger partial charge >= 0.3 is 0 Å². The molecule has 1 unspecified atom stereocenters. The molecule has 0 amide bonds. The Kier molecular flexibility index (Phi) is 7.87. The number of hydrogen-bond acceptors (Lipinski definition) is 3. The maximum Gasteiger partial charge on any atom is 0.138 e. The Morgan fingerprint density at radius 1 is 1.21 bits per heavy atom. The summed E-state index contributed by atoms with van der Waals surface area (Å²) in [6.07, 6.45) is 1.70. The highest BCUT2D eigenvalue weighted by Gasteiger charge is 2.12. The average Bonchev–Trinajstić information content (AvgIpc) is 2.38. The summed E-state index contributed by atoms with van der Waals surface area (Å²) in [5, 5.41) is 10.6. The summed E-state index contributed by atoms with van der Waals surface area (Å²) in [7, 11) is 0. The molecular formula is C15H24ClNO2. The van der Waals surface area contributed by atoms with Gasteiger partial charge in [0.1, 0.15) is 18.5 Å². The fourth-order valence-electron chi connectivity index (χ4n) is 2.03. The van der Waals surface area contributed by atoms with Crippen LogP contribution in [0.1, 0.15) is 26.7 Å². The number of benzene rings is 1. The minimum absolute atomic E-state index is 0.271. The van der Waals surface area contributed by atoms with E-state index in [0.29, 0.717) is 17.3 Å². The molecule has 0 spiro atoms. The molecule has 0 aliphatic carbocycles. The van der Waals surface area contributed by atoms with Crippen LogP contribution in [0.5, 0.6) is 5.75 Å². The first kappa shape index (κ1) is 16.3. The minimum Gasteiger partial charge on any atom is -0.489 e. The van der Waals surface area contributed by atoms with Crippen LogP contribution in [0.3, 0.4) is 0 Å². The van der Waals surface area contributed by atoms with Crippen molar-refractivity contribution in [3.05, 3.63) is 29.3 Å². The number of nitrogens with zero attached hydrogens (tertiary/aromatic N) is 1. The van der Waals surface area contributed by atoms with E-state index in [2.05, 4.69) is 18.7 Å². The van der Waals surface area contributed by atoms with Gasteiger partial charge in [-0.3, -0.25) is 0 Å². The lowest BCUT2D eigenvalue weighted by atomic mass is 10.3. The molecule has 0 saturated carbocycles. The van der Waals surface area contributed by atoms with Crippen molar-refractivity contribution in [3.63, 3.8) is 0 Å². The highest BCUT2D eigenvalue weighted by Crippen LogP contribution is 2.23. The van der Waals surface area contributed by atoms with E-state index < -0.39 is 6.10 Å². The van der Waals surface area contributed by atoms with Gasteiger partial charge < -0.3 is 14.7 Å². The molecule has 0 radical (unpaired) electrons. The smallest absolute Gasteiger partial charge is 0.138 e. The van der Waals surface area contributed by atoms with Crippen molar-refractivity contribution in [2.75, 3.05) is 26.2 Å². The molecule has 3 nitrogen and oxygen atoms in total. The van der Waals surface area contributed by atoms with Crippen molar-refractivity contribution in [2.24, 2.45) is 0 Å². The van der Waals surface area contributed by atoms with E-state index in [0.717, 1.165) is 25.9 Å². The molecule has 0 aliphatic rings. The lowest BCUT2D eigenvalue weighted by Gasteiger charge is -2.24. The number of aliphatic hydroxyl groups excluding tert-OH is 1. The number of hydrogen-bond donors (Lipinski definition) is 1. The summed E-state index contributed by atoms with van der Waals surface area (Å²) in [6, 6.07) is 7.32. The van der Waals surface area contributed by atoms with Crippen molar-refractivity contribution < 1.29 is 9.84 Å². The first-order valence-electron chi connectivity index (χ1n) is 6.95. The highest BCUT2D eigenvalue weighted by molar-refractivity contribution is 6.32. The van der Waals surface area contributed by atoms with Crippen LogP contribution in [0.15, 0.2) is 24.3 Å². The predicted molar refractivity (Wildman–Crippen MR) is 80.0 cm³/mol. The Morgan fingerprint density at radius 2 is 1.84 bits per heavy atom. The van der Waals surface area contributed by atoms with Gasteiger partial charge in [-0.25, -0.2) is 0 Å². The van der Waals surface area contributed by atoms with Gasteiger partial charge in [-0.2, -0.15) is 0 Å². The maximum absolute atomic E-state index is 10.0. The van der Waals surface area contributed by atoms with E-state index in [1.807, 2.05) is 18.2 Å². The third-order valence-electron chi connectivity index (χ3n) is 2.82. The van der Waals surface area contributed by atoms with Crippen LogP contribution in [0, 0.1) is 0 Å². The molecule has 4 heteroatoms. The molecule has 0 bridgehead atoms. The van der Waals surface area contributed by atoms with Crippen molar-refractivity contribution in [3.8, 4) is 5.75 Å². The van der Waals surface area contributed by atoms with Gasteiger partial charge in [0.05, 0.1) is 5.02 Å². The van der Waals surface area contributed by atoms with Crippen LogP contribution in [0.4, 0.5) is 0 Å². The normalized spacial score (nSPS) is 12.7. The monoisotopic (exact) mass is 285 g/mol. The van der Waals surface area contributed by atoms with E-state index in [1.165, 1.54) is 0 Å². The molecule has 1 atom stereocenters. The Bertz CT molecular complexity index is 354. The second-order valence-electron chi connectivity index (χ2n) is 4.70. The van der Waals surface area contributed by atoms with E-state index in [4.69, 9.17) is 16.3 Å². The number of halogens is 1. The van der Waals surface area contributed by atoms with Crippen molar-refractivity contribution in [1.82, 2.24) is 4.90 Å². The number of aliphatic hydroxyl groups is 1. The van der Waals surface area contributed by atoms with Crippen molar-refractivity contribution >= 4 is 11.6 Å². The van der Waals surface area contributed by atoms with E-state index in [1.54, 1.807) is 6.07 Å². The van der Waals surface area contributed by atoms with E-state index in [9.17, 15) is 5.11 Å². The van der Waals surface area contributed by atoms with Gasteiger partial charge in [-0.05, 0) is 38.1 Å². The predicted octanol–water partition coefficient (Wildman–Crippen LogP) is 3.20. The Morgan fingerprint density at radius 3 is 2.42 bits per heavy atom. The summed E-state index contributed by atoms with van der Waals surface area (Å²) in [5.41, 5.74) is 0. The minimum atomic E-state index is -0.491. The molecule has 0 fully saturated rings. The van der Waals surface area contributed by atoms with Gasteiger partial charge in [0, 0.05) is 6.54 Å². The summed E-state index contributed by atoms with van der Waals surface area (Å²) in [4.78, 5) is 2.26. The van der Waals surface area contributed by atoms with Gasteiger partial charge in [-0.1, -0.05) is 37.6 Å². The Hall–Kier alpha value is -0.770. The first-order chi connectivity index (χ1) is 9.17. The van der Waals surface area contributed by atoms with Gasteiger partial charge in [-0.15, -0.1) is 0 Å². The fraction of sp³-hybridized carbons (Fsp3) is 0.600. The second kappa shape index (κ2) is 9.18. The van der Waals surface area contributed by atoms with Crippen LogP contribution >= 0.6 is 11.6 Å². The van der Waals surface area contributed by atoms with E-state index in [-0.39, 0.29) is 6.61 Å². The third kappa shape index (κ3) is 6.28. The van der Waals surface area contributed by atoms with Crippen molar-refractivity contribution in [1.29, 1.82) is 0 Å². The molecule has 0 saturated heterocycles.